The largest absolute Gasteiger partial charge is 0.496 e. The maximum Gasteiger partial charge on any atom is 0.248 e. The molecule has 0 fully saturated rings. The third-order valence-corrected chi connectivity index (χ3v) is 5.02. The van der Waals surface area contributed by atoms with Gasteiger partial charge in [-0.1, -0.05) is 19.9 Å². The molecule has 0 saturated carbocycles. The third-order valence-electron chi connectivity index (χ3n) is 4.08. The van der Waals surface area contributed by atoms with Crippen LogP contribution < -0.4 is 15.4 Å². The molecule has 7 heteroatoms. The van der Waals surface area contributed by atoms with Crippen LogP contribution in [0.15, 0.2) is 29.6 Å². The SMILES string of the molecule is COc1cc(CCNC(=O)C(NC=O)c2cccs2)cc(F)c1CC(C)C. The van der Waals surface area contributed by atoms with Crippen LogP contribution in [-0.2, 0) is 22.4 Å². The van der Waals surface area contributed by atoms with Gasteiger partial charge in [-0.05, 0) is 47.9 Å². The van der Waals surface area contributed by atoms with Crippen molar-refractivity contribution in [2.45, 2.75) is 32.7 Å². The van der Waals surface area contributed by atoms with Gasteiger partial charge in [0.25, 0.3) is 0 Å². The molecule has 1 unspecified atom stereocenters. The molecular formula is C20H25FN2O3S. The topological polar surface area (TPSA) is 67.4 Å². The smallest absolute Gasteiger partial charge is 0.248 e. The van der Waals surface area contributed by atoms with Crippen LogP contribution in [0.4, 0.5) is 4.39 Å². The number of halogens is 1. The zero-order valence-electron chi connectivity index (χ0n) is 15.8. The van der Waals surface area contributed by atoms with E-state index in [1.165, 1.54) is 24.5 Å². The number of benzene rings is 1. The van der Waals surface area contributed by atoms with E-state index in [2.05, 4.69) is 10.6 Å². The molecule has 0 aliphatic carbocycles. The van der Waals surface area contributed by atoms with Gasteiger partial charge >= 0.3 is 0 Å². The van der Waals surface area contributed by atoms with Crippen molar-refractivity contribution in [2.75, 3.05) is 13.7 Å². The van der Waals surface area contributed by atoms with E-state index >= 15 is 0 Å². The Morgan fingerprint density at radius 1 is 1.37 bits per heavy atom. The van der Waals surface area contributed by atoms with E-state index in [1.54, 1.807) is 6.07 Å². The van der Waals surface area contributed by atoms with Gasteiger partial charge in [-0.2, -0.15) is 0 Å². The Kier molecular flexibility index (Phi) is 7.79. The highest BCUT2D eigenvalue weighted by atomic mass is 32.1. The highest BCUT2D eigenvalue weighted by Crippen LogP contribution is 2.26. The van der Waals surface area contributed by atoms with E-state index in [0.29, 0.717) is 43.0 Å². The molecule has 27 heavy (non-hydrogen) atoms. The molecule has 2 amide bonds. The first-order chi connectivity index (χ1) is 13.0. The van der Waals surface area contributed by atoms with Crippen molar-refractivity contribution in [3.05, 3.63) is 51.5 Å². The van der Waals surface area contributed by atoms with E-state index in [0.717, 1.165) is 10.4 Å². The molecule has 0 saturated heterocycles. The number of hydrogen-bond donors (Lipinski definition) is 2. The summed E-state index contributed by atoms with van der Waals surface area (Å²) < 4.78 is 19.8. The minimum Gasteiger partial charge on any atom is -0.496 e. The number of hydrogen-bond acceptors (Lipinski definition) is 4. The van der Waals surface area contributed by atoms with Gasteiger partial charge in [0.1, 0.15) is 17.6 Å². The predicted octanol–water partition coefficient (Wildman–Crippen LogP) is 3.24. The molecule has 1 atom stereocenters. The van der Waals surface area contributed by atoms with E-state index in [-0.39, 0.29) is 11.7 Å². The molecule has 146 valence electrons. The lowest BCUT2D eigenvalue weighted by molar-refractivity contribution is -0.125. The fraction of sp³-hybridized carbons (Fsp3) is 0.400. The first kappa shape index (κ1) is 20.9. The van der Waals surface area contributed by atoms with Crippen LogP contribution in [0.3, 0.4) is 0 Å². The highest BCUT2D eigenvalue weighted by molar-refractivity contribution is 7.10. The molecule has 1 heterocycles. The van der Waals surface area contributed by atoms with E-state index < -0.39 is 6.04 Å². The standard InChI is InChI=1S/C20H25FN2O3S/c1-13(2)9-15-16(21)10-14(11-17(15)26-3)6-7-22-20(25)19(23-12-24)18-5-4-8-27-18/h4-5,8,10-13,19H,6-7,9H2,1-3H3,(H,22,25)(H,23,24). The van der Waals surface area contributed by atoms with Crippen molar-refractivity contribution in [3.8, 4) is 5.75 Å². The molecular weight excluding hydrogens is 367 g/mol. The minimum absolute atomic E-state index is 0.288. The molecule has 0 aliphatic heterocycles. The molecule has 2 N–H and O–H groups in total. The van der Waals surface area contributed by atoms with Gasteiger partial charge in [-0.3, -0.25) is 9.59 Å². The summed E-state index contributed by atoms with van der Waals surface area (Å²) in [4.78, 5) is 23.9. The van der Waals surface area contributed by atoms with Crippen LogP contribution in [0.25, 0.3) is 0 Å². The molecule has 0 aliphatic rings. The predicted molar refractivity (Wildman–Crippen MR) is 104 cm³/mol. The van der Waals surface area contributed by atoms with Crippen LogP contribution in [0.5, 0.6) is 5.75 Å². The number of thiophene rings is 1. The van der Waals surface area contributed by atoms with Crippen molar-refractivity contribution < 1.29 is 18.7 Å². The summed E-state index contributed by atoms with van der Waals surface area (Å²) in [6.07, 6.45) is 1.57. The number of amides is 2. The average molecular weight is 392 g/mol. The zero-order chi connectivity index (χ0) is 19.8. The molecule has 0 radical (unpaired) electrons. The summed E-state index contributed by atoms with van der Waals surface area (Å²) in [6.45, 7) is 4.38. The number of methoxy groups -OCH3 is 1. The average Bonchev–Trinajstić information content (AvgIpc) is 3.15. The number of carbonyl (C=O) groups is 2. The second-order valence-electron chi connectivity index (χ2n) is 6.63. The lowest BCUT2D eigenvalue weighted by atomic mass is 9.99. The number of nitrogens with one attached hydrogen (secondary N) is 2. The van der Waals surface area contributed by atoms with Gasteiger partial charge in [0, 0.05) is 17.0 Å². The Morgan fingerprint density at radius 3 is 2.74 bits per heavy atom. The lowest BCUT2D eigenvalue weighted by Gasteiger charge is -2.16. The zero-order valence-corrected chi connectivity index (χ0v) is 16.6. The first-order valence-corrected chi connectivity index (χ1v) is 9.70. The lowest BCUT2D eigenvalue weighted by Crippen LogP contribution is -2.37. The third kappa shape index (κ3) is 5.79. The maximum absolute atomic E-state index is 14.4. The van der Waals surface area contributed by atoms with Crippen LogP contribution in [0.2, 0.25) is 0 Å². The molecule has 2 aromatic rings. The van der Waals surface area contributed by atoms with Crippen molar-refractivity contribution in [2.24, 2.45) is 5.92 Å². The summed E-state index contributed by atoms with van der Waals surface area (Å²) in [5.74, 6) is 0.263. The number of carbonyl (C=O) groups excluding carboxylic acids is 2. The summed E-state index contributed by atoms with van der Waals surface area (Å²) >= 11 is 1.39. The number of ether oxygens (including phenoxy) is 1. The number of rotatable bonds is 10. The van der Waals surface area contributed by atoms with Crippen LogP contribution in [0, 0.1) is 11.7 Å². The molecule has 0 spiro atoms. The summed E-state index contributed by atoms with van der Waals surface area (Å²) in [5.41, 5.74) is 1.32. The van der Waals surface area contributed by atoms with Crippen molar-refractivity contribution in [3.63, 3.8) is 0 Å². The summed E-state index contributed by atoms with van der Waals surface area (Å²) in [7, 11) is 1.53. The highest BCUT2D eigenvalue weighted by Gasteiger charge is 2.20. The normalized spacial score (nSPS) is 11.9. The second kappa shape index (κ2) is 10.1. The van der Waals surface area contributed by atoms with Crippen molar-refractivity contribution >= 4 is 23.7 Å². The molecule has 0 bridgehead atoms. The minimum atomic E-state index is -0.720. The summed E-state index contributed by atoms with van der Waals surface area (Å²) in [6, 6.07) is 6.20. The van der Waals surface area contributed by atoms with Crippen LogP contribution >= 0.6 is 11.3 Å². The second-order valence-corrected chi connectivity index (χ2v) is 7.61. The molecule has 1 aromatic carbocycles. The van der Waals surface area contributed by atoms with E-state index in [9.17, 15) is 14.0 Å². The van der Waals surface area contributed by atoms with Gasteiger partial charge in [0.15, 0.2) is 0 Å². The Morgan fingerprint density at radius 2 is 2.15 bits per heavy atom. The Bertz CT molecular complexity index is 763. The van der Waals surface area contributed by atoms with Gasteiger partial charge < -0.3 is 15.4 Å². The van der Waals surface area contributed by atoms with Crippen LogP contribution in [0.1, 0.15) is 35.9 Å². The quantitative estimate of drug-likeness (QED) is 0.610. The van der Waals surface area contributed by atoms with E-state index in [4.69, 9.17) is 4.74 Å². The Hall–Kier alpha value is -2.41. The fourth-order valence-electron chi connectivity index (χ4n) is 2.84. The van der Waals surface area contributed by atoms with E-state index in [1.807, 2.05) is 31.4 Å². The maximum atomic E-state index is 14.4. The Labute approximate surface area is 162 Å². The molecule has 2 rings (SSSR count). The van der Waals surface area contributed by atoms with Crippen molar-refractivity contribution in [1.29, 1.82) is 0 Å². The Balaban J connectivity index is 2.00. The van der Waals surface area contributed by atoms with Crippen LogP contribution in [-0.4, -0.2) is 26.0 Å². The van der Waals surface area contributed by atoms with Gasteiger partial charge in [0.2, 0.25) is 12.3 Å². The summed E-state index contributed by atoms with van der Waals surface area (Å²) in [5, 5.41) is 7.16. The molecule has 5 nitrogen and oxygen atoms in total. The first-order valence-electron chi connectivity index (χ1n) is 8.82. The van der Waals surface area contributed by atoms with Gasteiger partial charge in [0.05, 0.1) is 7.11 Å². The van der Waals surface area contributed by atoms with Gasteiger partial charge in [-0.15, -0.1) is 11.3 Å². The monoisotopic (exact) mass is 392 g/mol. The molecule has 1 aromatic heterocycles. The fourth-order valence-corrected chi connectivity index (χ4v) is 3.62. The van der Waals surface area contributed by atoms with Crippen molar-refractivity contribution in [1.82, 2.24) is 10.6 Å². The van der Waals surface area contributed by atoms with Gasteiger partial charge in [-0.25, -0.2) is 4.39 Å².